The molecule has 1 unspecified atom stereocenters. The lowest BCUT2D eigenvalue weighted by Crippen LogP contribution is -2.47. The van der Waals surface area contributed by atoms with Crippen LogP contribution in [-0.2, 0) is 4.79 Å². The number of alkyl halides is 3. The number of hydrogen-bond donors (Lipinski definition) is 1. The zero-order valence-corrected chi connectivity index (χ0v) is 9.12. The van der Waals surface area contributed by atoms with Gasteiger partial charge in [0.2, 0.25) is 0 Å². The van der Waals surface area contributed by atoms with E-state index in [2.05, 4.69) is 11.8 Å². The van der Waals surface area contributed by atoms with Crippen LogP contribution in [-0.4, -0.2) is 18.1 Å². The predicted octanol–water partition coefficient (Wildman–Crippen LogP) is 2.10. The molecule has 0 saturated carbocycles. The lowest BCUT2D eigenvalue weighted by atomic mass is 9.86. The molecule has 0 aromatic rings. The molecule has 0 bridgehead atoms. The van der Waals surface area contributed by atoms with Crippen molar-refractivity contribution < 1.29 is 18.0 Å². The van der Waals surface area contributed by atoms with Crippen LogP contribution in [0.1, 0.15) is 27.7 Å². The summed E-state index contributed by atoms with van der Waals surface area (Å²) in [5, 5.41) is 1.88. The number of carbonyl (C=O) groups is 1. The van der Waals surface area contributed by atoms with Crippen molar-refractivity contribution in [2.24, 2.45) is 5.41 Å². The van der Waals surface area contributed by atoms with E-state index in [1.54, 1.807) is 20.8 Å². The molecule has 0 radical (unpaired) electrons. The Bertz CT molecular complexity index is 296. The van der Waals surface area contributed by atoms with Crippen molar-refractivity contribution in [3.05, 3.63) is 0 Å². The molecule has 0 spiro atoms. The normalized spacial score (nSPS) is 13.8. The van der Waals surface area contributed by atoms with Gasteiger partial charge in [0.05, 0.1) is 0 Å². The van der Waals surface area contributed by atoms with Gasteiger partial charge in [-0.1, -0.05) is 5.92 Å². The Morgan fingerprint density at radius 3 is 2.13 bits per heavy atom. The summed E-state index contributed by atoms with van der Waals surface area (Å²) >= 11 is 0. The highest BCUT2D eigenvalue weighted by Crippen LogP contribution is 2.21. The fourth-order valence-electron chi connectivity index (χ4n) is 0.889. The Balaban J connectivity index is 4.55. The summed E-state index contributed by atoms with van der Waals surface area (Å²) in [6.45, 7) is 6.43. The van der Waals surface area contributed by atoms with Gasteiger partial charge in [-0.25, -0.2) is 0 Å². The van der Waals surface area contributed by atoms with Crippen LogP contribution in [0.4, 0.5) is 13.2 Å². The van der Waals surface area contributed by atoms with Gasteiger partial charge in [0.1, 0.15) is 0 Å². The Labute approximate surface area is 87.2 Å². The molecule has 0 saturated heterocycles. The summed E-state index contributed by atoms with van der Waals surface area (Å²) in [4.78, 5) is 10.6. The first-order valence-corrected chi connectivity index (χ1v) is 4.43. The van der Waals surface area contributed by atoms with E-state index in [1.165, 1.54) is 6.92 Å². The first-order chi connectivity index (χ1) is 6.61. The third-order valence-electron chi connectivity index (χ3n) is 2.13. The molecule has 0 heterocycles. The molecule has 2 nitrogen and oxygen atoms in total. The van der Waals surface area contributed by atoms with Crippen molar-refractivity contribution >= 4 is 5.91 Å². The molecule has 0 fully saturated rings. The summed E-state index contributed by atoms with van der Waals surface area (Å²) in [5.74, 6) is 3.44. The van der Waals surface area contributed by atoms with Crippen LogP contribution in [0.3, 0.4) is 0 Å². The van der Waals surface area contributed by atoms with Gasteiger partial charge in [-0.3, -0.25) is 4.79 Å². The minimum atomic E-state index is -4.84. The SMILES string of the molecule is CC#CC(C)(C)C(C)NC(=O)C(F)(F)F. The van der Waals surface area contributed by atoms with E-state index < -0.39 is 23.5 Å². The quantitative estimate of drug-likeness (QED) is 0.711. The van der Waals surface area contributed by atoms with Crippen LogP contribution in [0.2, 0.25) is 0 Å². The lowest BCUT2D eigenvalue weighted by molar-refractivity contribution is -0.174. The molecule has 15 heavy (non-hydrogen) atoms. The van der Waals surface area contributed by atoms with Crippen LogP contribution < -0.4 is 5.32 Å². The zero-order chi connectivity index (χ0) is 12.3. The molecule has 0 rings (SSSR count). The third-order valence-corrected chi connectivity index (χ3v) is 2.13. The standard InChI is InChI=1S/C10H14F3NO/c1-5-6-9(3,4)7(2)14-8(15)10(11,12)13/h7H,1-4H3,(H,14,15). The van der Waals surface area contributed by atoms with Gasteiger partial charge in [-0.05, 0) is 27.7 Å². The molecule has 1 N–H and O–H groups in total. The van der Waals surface area contributed by atoms with Crippen molar-refractivity contribution in [2.75, 3.05) is 0 Å². The topological polar surface area (TPSA) is 29.1 Å². The van der Waals surface area contributed by atoms with Gasteiger partial charge in [-0.2, -0.15) is 13.2 Å². The lowest BCUT2D eigenvalue weighted by Gasteiger charge is -2.27. The van der Waals surface area contributed by atoms with Crippen LogP contribution in [0, 0.1) is 17.3 Å². The number of rotatable bonds is 2. The highest BCUT2D eigenvalue weighted by atomic mass is 19.4. The molecular formula is C10H14F3NO. The maximum Gasteiger partial charge on any atom is 0.471 e. The van der Waals surface area contributed by atoms with Gasteiger partial charge in [0.25, 0.3) is 0 Å². The second-order valence-corrected chi connectivity index (χ2v) is 3.79. The highest BCUT2D eigenvalue weighted by molar-refractivity contribution is 5.82. The summed E-state index contributed by atoms with van der Waals surface area (Å²) in [7, 11) is 0. The van der Waals surface area contributed by atoms with Crippen LogP contribution in [0.5, 0.6) is 0 Å². The maximum absolute atomic E-state index is 11.9. The first-order valence-electron chi connectivity index (χ1n) is 4.43. The van der Waals surface area contributed by atoms with Gasteiger partial charge in [0, 0.05) is 11.5 Å². The second-order valence-electron chi connectivity index (χ2n) is 3.79. The average molecular weight is 221 g/mol. The fourth-order valence-corrected chi connectivity index (χ4v) is 0.889. The number of hydrogen-bond acceptors (Lipinski definition) is 1. The largest absolute Gasteiger partial charge is 0.471 e. The van der Waals surface area contributed by atoms with E-state index in [9.17, 15) is 18.0 Å². The minimum Gasteiger partial charge on any atom is -0.344 e. The van der Waals surface area contributed by atoms with Crippen LogP contribution in [0.25, 0.3) is 0 Å². The van der Waals surface area contributed by atoms with Crippen LogP contribution in [0.15, 0.2) is 0 Å². The average Bonchev–Trinajstić information content (AvgIpc) is 2.01. The van der Waals surface area contributed by atoms with Crippen molar-refractivity contribution in [1.29, 1.82) is 0 Å². The van der Waals surface area contributed by atoms with E-state index in [-0.39, 0.29) is 0 Å². The molecule has 0 aromatic carbocycles. The molecule has 1 atom stereocenters. The monoisotopic (exact) mass is 221 g/mol. The van der Waals surface area contributed by atoms with Gasteiger partial charge in [0.15, 0.2) is 0 Å². The van der Waals surface area contributed by atoms with E-state index in [1.807, 2.05) is 5.32 Å². The molecular weight excluding hydrogens is 207 g/mol. The van der Waals surface area contributed by atoms with Crippen molar-refractivity contribution in [1.82, 2.24) is 5.32 Å². The van der Waals surface area contributed by atoms with Crippen LogP contribution >= 0.6 is 0 Å². The predicted molar refractivity (Wildman–Crippen MR) is 50.9 cm³/mol. The maximum atomic E-state index is 11.9. The van der Waals surface area contributed by atoms with Crippen molar-refractivity contribution in [3.8, 4) is 11.8 Å². The second kappa shape index (κ2) is 4.56. The summed E-state index contributed by atoms with van der Waals surface area (Å²) in [6.07, 6.45) is -4.84. The third kappa shape index (κ3) is 4.24. The zero-order valence-electron chi connectivity index (χ0n) is 9.12. The van der Waals surface area contributed by atoms with E-state index in [4.69, 9.17) is 0 Å². The van der Waals surface area contributed by atoms with Gasteiger partial charge < -0.3 is 5.32 Å². The Morgan fingerprint density at radius 1 is 1.33 bits per heavy atom. The molecule has 0 aromatic heterocycles. The molecule has 0 aliphatic rings. The smallest absolute Gasteiger partial charge is 0.344 e. The number of amides is 1. The van der Waals surface area contributed by atoms with Crippen molar-refractivity contribution in [3.63, 3.8) is 0 Å². The summed E-state index contributed by atoms with van der Waals surface area (Å²) < 4.78 is 35.8. The summed E-state index contributed by atoms with van der Waals surface area (Å²) in [6, 6.07) is -0.668. The Kier molecular flexibility index (Phi) is 4.20. The summed E-state index contributed by atoms with van der Waals surface area (Å²) in [5.41, 5.74) is -0.685. The van der Waals surface area contributed by atoms with E-state index in [0.717, 1.165) is 0 Å². The molecule has 0 aliphatic heterocycles. The number of halogens is 3. The molecule has 86 valence electrons. The van der Waals surface area contributed by atoms with Gasteiger partial charge >= 0.3 is 12.1 Å². The number of carbonyl (C=O) groups excluding carboxylic acids is 1. The van der Waals surface area contributed by atoms with E-state index >= 15 is 0 Å². The Morgan fingerprint density at radius 2 is 1.80 bits per heavy atom. The molecule has 1 amide bonds. The van der Waals surface area contributed by atoms with Crippen molar-refractivity contribution in [2.45, 2.75) is 39.9 Å². The first kappa shape index (κ1) is 13.8. The minimum absolute atomic E-state index is 0.668. The number of nitrogens with one attached hydrogen (secondary N) is 1. The highest BCUT2D eigenvalue weighted by Gasteiger charge is 2.40. The Hall–Kier alpha value is -1.18. The molecule has 0 aliphatic carbocycles. The molecule has 5 heteroatoms. The van der Waals surface area contributed by atoms with E-state index in [0.29, 0.717) is 0 Å². The van der Waals surface area contributed by atoms with Gasteiger partial charge in [-0.15, -0.1) is 5.92 Å². The fraction of sp³-hybridized carbons (Fsp3) is 0.700.